The second-order valence-electron chi connectivity index (χ2n) is 10.1. The summed E-state index contributed by atoms with van der Waals surface area (Å²) in [5, 5.41) is 0. The third kappa shape index (κ3) is 5.21. The summed E-state index contributed by atoms with van der Waals surface area (Å²) in [4.78, 5) is 23.6. The Balaban J connectivity index is 1.47. The molecule has 2 N–H and O–H groups in total. The zero-order valence-electron chi connectivity index (χ0n) is 21.1. The maximum absolute atomic E-state index is 15.4. The Morgan fingerprint density at radius 1 is 1.16 bits per heavy atom. The zero-order chi connectivity index (χ0) is 26.2. The maximum Gasteiger partial charge on any atom is 0.410 e. The van der Waals surface area contributed by atoms with Crippen LogP contribution in [0.25, 0.3) is 16.8 Å². The van der Waals surface area contributed by atoms with Gasteiger partial charge in [0.15, 0.2) is 0 Å². The molecule has 0 spiro atoms. The first-order chi connectivity index (χ1) is 17.7. The van der Waals surface area contributed by atoms with E-state index >= 15 is 4.39 Å². The highest BCUT2D eigenvalue weighted by molar-refractivity contribution is 5.85. The van der Waals surface area contributed by atoms with Crippen molar-refractivity contribution in [2.75, 3.05) is 12.3 Å². The lowest BCUT2D eigenvalue weighted by Gasteiger charge is -2.28. The Morgan fingerprint density at radius 2 is 1.95 bits per heavy atom. The molecular formula is C28H30FN5O3. The standard InChI is InChI=1S/C28H30FN5O3/c1-28(2,3)37-27(35)33-14-7-8-18(33)16-23-32-24(25-26(30)31-13-15-34(23)25)21-12-11-20(17-22(21)29)36-19-9-5-4-6-10-19/h4-6,9-13,15,17-18H,7-8,14,16H2,1-3H3,(H2,30,31). The molecule has 0 aliphatic carbocycles. The SMILES string of the molecule is CC(C)(C)OC(=O)N1CCCC1Cc1nc(-c2ccc(Oc3ccccc3)cc2F)c2c(N)nccn12. The fraction of sp³-hybridized carbons (Fsp3) is 0.321. The second kappa shape index (κ2) is 9.72. The molecule has 8 nitrogen and oxygen atoms in total. The highest BCUT2D eigenvalue weighted by Crippen LogP contribution is 2.34. The van der Waals surface area contributed by atoms with Crippen LogP contribution in [-0.2, 0) is 11.2 Å². The average Bonchev–Trinajstić information content (AvgIpc) is 3.45. The van der Waals surface area contributed by atoms with Gasteiger partial charge in [-0.25, -0.2) is 19.2 Å². The molecule has 1 saturated heterocycles. The predicted molar refractivity (Wildman–Crippen MR) is 139 cm³/mol. The van der Waals surface area contributed by atoms with Gasteiger partial charge in [-0.2, -0.15) is 0 Å². The molecule has 0 radical (unpaired) electrons. The van der Waals surface area contributed by atoms with Crippen molar-refractivity contribution in [3.63, 3.8) is 0 Å². The summed E-state index contributed by atoms with van der Waals surface area (Å²) in [5.41, 5.74) is 6.87. The van der Waals surface area contributed by atoms with Crippen molar-refractivity contribution in [3.05, 3.63) is 72.6 Å². The molecule has 9 heteroatoms. The van der Waals surface area contributed by atoms with Gasteiger partial charge in [0.05, 0.1) is 0 Å². The van der Waals surface area contributed by atoms with Gasteiger partial charge >= 0.3 is 6.09 Å². The van der Waals surface area contributed by atoms with Crippen LogP contribution < -0.4 is 10.5 Å². The molecule has 4 aromatic rings. The summed E-state index contributed by atoms with van der Waals surface area (Å²) < 4.78 is 28.6. The molecule has 1 amide bonds. The van der Waals surface area contributed by atoms with Gasteiger partial charge < -0.3 is 20.1 Å². The lowest BCUT2D eigenvalue weighted by atomic mass is 10.1. The van der Waals surface area contributed by atoms with Crippen LogP contribution in [-0.4, -0.2) is 43.5 Å². The number of nitrogens with zero attached hydrogens (tertiary/aromatic N) is 4. The van der Waals surface area contributed by atoms with Crippen molar-refractivity contribution in [2.45, 2.75) is 51.7 Å². The molecular weight excluding hydrogens is 473 g/mol. The number of halogens is 1. The molecule has 1 unspecified atom stereocenters. The minimum Gasteiger partial charge on any atom is -0.457 e. The van der Waals surface area contributed by atoms with Gasteiger partial charge in [0.25, 0.3) is 0 Å². The molecule has 37 heavy (non-hydrogen) atoms. The first-order valence-electron chi connectivity index (χ1n) is 12.3. The third-order valence-electron chi connectivity index (χ3n) is 6.25. The topological polar surface area (TPSA) is 95.0 Å². The molecule has 1 aliphatic heterocycles. The first kappa shape index (κ1) is 24.5. The van der Waals surface area contributed by atoms with Gasteiger partial charge in [0, 0.05) is 43.0 Å². The molecule has 192 valence electrons. The number of fused-ring (bicyclic) bond motifs is 1. The van der Waals surface area contributed by atoms with Crippen LogP contribution in [0.15, 0.2) is 60.9 Å². The number of nitrogens with two attached hydrogens (primary N) is 1. The summed E-state index contributed by atoms with van der Waals surface area (Å²) >= 11 is 0. The van der Waals surface area contributed by atoms with Crippen molar-refractivity contribution in [2.24, 2.45) is 0 Å². The van der Waals surface area contributed by atoms with Crippen LogP contribution in [0.3, 0.4) is 0 Å². The van der Waals surface area contributed by atoms with Crippen molar-refractivity contribution in [1.29, 1.82) is 0 Å². The minimum absolute atomic E-state index is 0.0887. The summed E-state index contributed by atoms with van der Waals surface area (Å²) in [6.07, 6.45) is 5.18. The number of anilines is 1. The molecule has 1 aliphatic rings. The van der Waals surface area contributed by atoms with Gasteiger partial charge in [-0.05, 0) is 57.9 Å². The van der Waals surface area contributed by atoms with E-state index < -0.39 is 11.4 Å². The number of benzene rings is 2. The van der Waals surface area contributed by atoms with Crippen LogP contribution in [0.2, 0.25) is 0 Å². The zero-order valence-corrected chi connectivity index (χ0v) is 21.1. The number of rotatable bonds is 5. The van der Waals surface area contributed by atoms with E-state index in [1.807, 2.05) is 43.4 Å². The molecule has 0 saturated carbocycles. The number of hydrogen-bond donors (Lipinski definition) is 1. The highest BCUT2D eigenvalue weighted by Gasteiger charge is 2.33. The number of likely N-dealkylation sites (tertiary alicyclic amines) is 1. The van der Waals surface area contributed by atoms with Crippen LogP contribution in [0.1, 0.15) is 39.4 Å². The lowest BCUT2D eigenvalue weighted by molar-refractivity contribution is 0.0225. The van der Waals surface area contributed by atoms with Crippen LogP contribution in [0, 0.1) is 5.82 Å². The van der Waals surface area contributed by atoms with Crippen molar-refractivity contribution in [1.82, 2.24) is 19.3 Å². The quantitative estimate of drug-likeness (QED) is 0.367. The molecule has 0 bridgehead atoms. The summed E-state index contributed by atoms with van der Waals surface area (Å²) in [7, 11) is 0. The number of para-hydroxylation sites is 1. The van der Waals surface area contributed by atoms with E-state index in [1.165, 1.54) is 6.07 Å². The Bertz CT molecular complexity index is 1430. The molecule has 3 heterocycles. The minimum atomic E-state index is -0.578. The normalized spacial score (nSPS) is 15.8. The van der Waals surface area contributed by atoms with Gasteiger partial charge in [-0.15, -0.1) is 0 Å². The van der Waals surface area contributed by atoms with E-state index in [1.54, 1.807) is 41.6 Å². The largest absolute Gasteiger partial charge is 0.457 e. The average molecular weight is 504 g/mol. The van der Waals surface area contributed by atoms with E-state index in [-0.39, 0.29) is 18.0 Å². The van der Waals surface area contributed by atoms with Crippen LogP contribution >= 0.6 is 0 Å². The number of carbonyl (C=O) groups is 1. The Hall–Kier alpha value is -4.14. The molecule has 2 aromatic carbocycles. The number of aromatic nitrogens is 3. The van der Waals surface area contributed by atoms with E-state index in [4.69, 9.17) is 20.2 Å². The van der Waals surface area contributed by atoms with Crippen LogP contribution in [0.4, 0.5) is 15.0 Å². The Labute approximate surface area is 214 Å². The lowest BCUT2D eigenvalue weighted by Crippen LogP contribution is -2.40. The smallest absolute Gasteiger partial charge is 0.410 e. The fourth-order valence-electron chi connectivity index (χ4n) is 4.65. The van der Waals surface area contributed by atoms with Gasteiger partial charge in [0.2, 0.25) is 0 Å². The third-order valence-corrected chi connectivity index (χ3v) is 6.25. The maximum atomic E-state index is 15.4. The van der Waals surface area contributed by atoms with Crippen molar-refractivity contribution < 1.29 is 18.7 Å². The van der Waals surface area contributed by atoms with Crippen molar-refractivity contribution >= 4 is 17.4 Å². The summed E-state index contributed by atoms with van der Waals surface area (Å²) in [6, 6.07) is 13.8. The Kier molecular flexibility index (Phi) is 6.45. The summed E-state index contributed by atoms with van der Waals surface area (Å²) in [6.45, 7) is 6.18. The molecule has 1 atom stereocenters. The fourth-order valence-corrected chi connectivity index (χ4v) is 4.65. The predicted octanol–water partition coefficient (Wildman–Crippen LogP) is 5.85. The number of imidazole rings is 1. The number of ether oxygens (including phenoxy) is 2. The molecule has 1 fully saturated rings. The monoisotopic (exact) mass is 503 g/mol. The van der Waals surface area contributed by atoms with Crippen molar-refractivity contribution in [3.8, 4) is 22.8 Å². The van der Waals surface area contributed by atoms with E-state index in [2.05, 4.69) is 4.98 Å². The van der Waals surface area contributed by atoms with Gasteiger partial charge in [-0.3, -0.25) is 4.40 Å². The molecule has 2 aromatic heterocycles. The number of hydrogen-bond acceptors (Lipinski definition) is 6. The number of amides is 1. The Morgan fingerprint density at radius 3 is 2.68 bits per heavy atom. The van der Waals surface area contributed by atoms with E-state index in [0.717, 1.165) is 12.8 Å². The van der Waals surface area contributed by atoms with Gasteiger partial charge in [-0.1, -0.05) is 18.2 Å². The number of nitrogen functional groups attached to an aromatic ring is 1. The van der Waals surface area contributed by atoms with Gasteiger partial charge in [0.1, 0.15) is 45.8 Å². The van der Waals surface area contributed by atoms with Crippen LogP contribution in [0.5, 0.6) is 11.5 Å². The first-order valence-corrected chi connectivity index (χ1v) is 12.3. The van der Waals surface area contributed by atoms with E-state index in [9.17, 15) is 4.79 Å². The second-order valence-corrected chi connectivity index (χ2v) is 10.1. The highest BCUT2D eigenvalue weighted by atomic mass is 19.1. The van der Waals surface area contributed by atoms with E-state index in [0.29, 0.717) is 47.1 Å². The molecule has 5 rings (SSSR count). The number of carbonyl (C=O) groups excluding carboxylic acids is 1. The summed E-state index contributed by atoms with van der Waals surface area (Å²) in [5.74, 6) is 1.42.